The number of aromatic nitrogens is 1. The fraction of sp³-hybridized carbons (Fsp3) is 0.167. The number of fused-ring (bicyclic) bond motifs is 5. The second-order valence-corrected chi connectivity index (χ2v) is 7.22. The summed E-state index contributed by atoms with van der Waals surface area (Å²) in [6.45, 7) is 0.896. The third-order valence-corrected chi connectivity index (χ3v) is 5.07. The number of nitrogens with zero attached hydrogens (tertiary/aromatic N) is 3. The molecule has 3 aromatic rings. The van der Waals surface area contributed by atoms with E-state index in [-0.39, 0.29) is 37.8 Å². The summed E-state index contributed by atoms with van der Waals surface area (Å²) in [5.74, 6) is -1.36. The van der Waals surface area contributed by atoms with Crippen LogP contribution in [0.4, 0.5) is 4.39 Å². The summed E-state index contributed by atoms with van der Waals surface area (Å²) in [5.41, 5.74) is -0.130. The highest BCUT2D eigenvalue weighted by Gasteiger charge is 2.32. The van der Waals surface area contributed by atoms with E-state index in [1.807, 2.05) is 36.4 Å². The first-order valence-corrected chi connectivity index (χ1v) is 10.1. The fourth-order valence-corrected chi connectivity index (χ4v) is 3.52. The number of halogens is 1. The van der Waals surface area contributed by atoms with Crippen LogP contribution in [-0.4, -0.2) is 40.4 Å². The Kier molecular flexibility index (Phi) is 6.21. The minimum absolute atomic E-state index is 0.102. The number of benzene rings is 2. The number of rotatable bonds is 0. The molecule has 0 aliphatic carbocycles. The van der Waals surface area contributed by atoms with Gasteiger partial charge in [-0.1, -0.05) is 54.6 Å². The van der Waals surface area contributed by atoms with Crippen molar-refractivity contribution in [3.05, 3.63) is 106 Å². The van der Waals surface area contributed by atoms with Crippen LogP contribution in [-0.2, 0) is 6.54 Å². The number of carbonyl (C=O) groups excluding carboxylic acids is 1. The molecule has 32 heavy (non-hydrogen) atoms. The summed E-state index contributed by atoms with van der Waals surface area (Å²) in [6, 6.07) is 17.8. The Morgan fingerprint density at radius 2 is 1.66 bits per heavy atom. The first-order valence-electron chi connectivity index (χ1n) is 10.1. The van der Waals surface area contributed by atoms with E-state index in [0.717, 1.165) is 0 Å². The molecule has 1 N–H and O–H groups in total. The summed E-state index contributed by atoms with van der Waals surface area (Å²) in [5, 5.41) is 11.9. The lowest BCUT2D eigenvalue weighted by Crippen LogP contribution is -2.53. The Labute approximate surface area is 184 Å². The molecule has 5 rings (SSSR count). The van der Waals surface area contributed by atoms with E-state index in [1.54, 1.807) is 29.3 Å². The zero-order valence-electron chi connectivity index (χ0n) is 17.2. The van der Waals surface area contributed by atoms with Crippen LogP contribution in [0.3, 0.4) is 0 Å². The maximum absolute atomic E-state index is 14.2. The van der Waals surface area contributed by atoms with Crippen LogP contribution in [0.15, 0.2) is 83.8 Å². The van der Waals surface area contributed by atoms with Gasteiger partial charge in [0.05, 0.1) is 6.54 Å². The average Bonchev–Trinajstić information content (AvgIpc) is 2.84. The van der Waals surface area contributed by atoms with E-state index < -0.39 is 22.9 Å². The van der Waals surface area contributed by atoms with Crippen LogP contribution in [0.2, 0.25) is 0 Å². The average molecular weight is 435 g/mol. The minimum atomic E-state index is -0.624. The summed E-state index contributed by atoms with van der Waals surface area (Å²) < 4.78 is 21.2. The Morgan fingerprint density at radius 1 is 0.938 bits per heavy atom. The van der Waals surface area contributed by atoms with Gasteiger partial charge in [0.25, 0.3) is 5.91 Å². The number of hydrogen-bond donors (Lipinski definition) is 1. The van der Waals surface area contributed by atoms with Gasteiger partial charge < -0.3 is 14.7 Å². The van der Waals surface area contributed by atoms with Gasteiger partial charge in [0.2, 0.25) is 5.43 Å². The quantitative estimate of drug-likeness (QED) is 0.550. The monoisotopic (exact) mass is 435 g/mol. The van der Waals surface area contributed by atoms with Gasteiger partial charge in [-0.05, 0) is 12.1 Å². The number of amides is 1. The van der Waals surface area contributed by atoms with Crippen LogP contribution in [0, 0.1) is 5.82 Å². The molecular formula is C24H22FN3O4. The molecule has 2 aliphatic rings. The van der Waals surface area contributed by atoms with E-state index in [2.05, 4.69) is 0 Å². The van der Waals surface area contributed by atoms with E-state index >= 15 is 0 Å². The maximum Gasteiger partial charge on any atom is 0.278 e. The van der Waals surface area contributed by atoms with Crippen molar-refractivity contribution in [3.63, 3.8) is 0 Å². The number of hydrogen-bond acceptors (Lipinski definition) is 5. The SMILES string of the molecule is O=C1c2c(O)c(=O)ccn2N2Cc3cccc(F)c3OC/C=C/CN1C2.c1ccccc1. The second-order valence-electron chi connectivity index (χ2n) is 7.22. The van der Waals surface area contributed by atoms with Crippen molar-refractivity contribution in [3.8, 4) is 11.5 Å². The molecule has 0 radical (unpaired) electrons. The van der Waals surface area contributed by atoms with Gasteiger partial charge in [-0.25, -0.2) is 4.39 Å². The molecule has 0 spiro atoms. The van der Waals surface area contributed by atoms with Crippen molar-refractivity contribution < 1.29 is 19.0 Å². The molecule has 164 valence electrons. The highest BCUT2D eigenvalue weighted by atomic mass is 19.1. The molecule has 1 aromatic heterocycles. The van der Waals surface area contributed by atoms with Gasteiger partial charge in [0.1, 0.15) is 13.3 Å². The molecule has 7 nitrogen and oxygen atoms in total. The number of aromatic hydroxyl groups is 1. The second kappa shape index (κ2) is 9.38. The molecule has 3 heterocycles. The topological polar surface area (TPSA) is 75.0 Å². The number of pyridine rings is 1. The van der Waals surface area contributed by atoms with Crippen molar-refractivity contribution in [1.29, 1.82) is 0 Å². The van der Waals surface area contributed by atoms with Crippen molar-refractivity contribution >= 4 is 5.91 Å². The highest BCUT2D eigenvalue weighted by molar-refractivity contribution is 5.96. The van der Waals surface area contributed by atoms with Crippen LogP contribution < -0.4 is 15.2 Å². The summed E-state index contributed by atoms with van der Waals surface area (Å²) >= 11 is 0. The van der Waals surface area contributed by atoms with E-state index in [1.165, 1.54) is 27.9 Å². The van der Waals surface area contributed by atoms with Crippen LogP contribution >= 0.6 is 0 Å². The molecule has 8 heteroatoms. The van der Waals surface area contributed by atoms with Crippen molar-refractivity contribution in [2.24, 2.45) is 0 Å². The Bertz CT molecular complexity index is 1170. The van der Waals surface area contributed by atoms with Gasteiger partial charge in [-0.15, -0.1) is 0 Å². The van der Waals surface area contributed by atoms with Crippen molar-refractivity contribution in [2.45, 2.75) is 6.54 Å². The predicted molar refractivity (Wildman–Crippen MR) is 118 cm³/mol. The lowest BCUT2D eigenvalue weighted by molar-refractivity contribution is 0.0706. The molecule has 0 atom stereocenters. The minimum Gasteiger partial charge on any atom is -0.502 e. The molecular weight excluding hydrogens is 413 g/mol. The normalized spacial score (nSPS) is 15.8. The van der Waals surface area contributed by atoms with Crippen molar-refractivity contribution in [1.82, 2.24) is 9.58 Å². The summed E-state index contributed by atoms with van der Waals surface area (Å²) in [6.07, 6.45) is 4.86. The molecule has 0 unspecified atom stereocenters. The lowest BCUT2D eigenvalue weighted by atomic mass is 10.2. The molecule has 2 aromatic carbocycles. The highest BCUT2D eigenvalue weighted by Crippen LogP contribution is 2.27. The van der Waals surface area contributed by atoms with Crippen LogP contribution in [0.1, 0.15) is 16.1 Å². The van der Waals surface area contributed by atoms with Gasteiger partial charge in [-0.2, -0.15) is 0 Å². The van der Waals surface area contributed by atoms with E-state index in [4.69, 9.17) is 4.74 Å². The van der Waals surface area contributed by atoms with Gasteiger partial charge in [0, 0.05) is 24.4 Å². The fourth-order valence-electron chi connectivity index (χ4n) is 3.52. The Balaban J connectivity index is 0.000000354. The van der Waals surface area contributed by atoms with E-state index in [0.29, 0.717) is 5.56 Å². The molecule has 0 saturated carbocycles. The number of para-hydroxylation sites is 1. The van der Waals surface area contributed by atoms with E-state index in [9.17, 15) is 19.1 Å². The number of ether oxygens (including phenoxy) is 1. The smallest absolute Gasteiger partial charge is 0.278 e. The lowest BCUT2D eigenvalue weighted by Gasteiger charge is -2.39. The first kappa shape index (κ1) is 21.2. The van der Waals surface area contributed by atoms with Gasteiger partial charge >= 0.3 is 0 Å². The number of carbonyl (C=O) groups is 1. The van der Waals surface area contributed by atoms with Crippen LogP contribution in [0.25, 0.3) is 0 Å². The maximum atomic E-state index is 14.2. The first-order chi connectivity index (χ1) is 15.6. The molecule has 1 amide bonds. The van der Waals surface area contributed by atoms with Crippen LogP contribution in [0.5, 0.6) is 11.5 Å². The van der Waals surface area contributed by atoms with Crippen molar-refractivity contribution in [2.75, 3.05) is 24.8 Å². The standard InChI is InChI=1S/C18H16FN3O4.C6H6/c19-13-5-3-4-12-10-21-11-20(7-1-2-9-26-17(12)13)18(25)15-16(24)14(23)6-8-22(15)21;1-2-4-6-5-3-1/h1-6,8,24H,7,9-11H2;1-6H/b2-1+;. The molecule has 0 saturated heterocycles. The zero-order valence-corrected chi connectivity index (χ0v) is 17.2. The molecule has 2 aliphatic heterocycles. The third kappa shape index (κ3) is 4.34. The Hall–Kier alpha value is -4.07. The van der Waals surface area contributed by atoms with Gasteiger partial charge in [-0.3, -0.25) is 19.3 Å². The summed E-state index contributed by atoms with van der Waals surface area (Å²) in [4.78, 5) is 26.0. The predicted octanol–water partition coefficient (Wildman–Crippen LogP) is 2.88. The molecule has 0 fully saturated rings. The molecule has 2 bridgehead atoms. The zero-order chi connectivity index (χ0) is 22.5. The Morgan fingerprint density at radius 3 is 2.38 bits per heavy atom. The summed E-state index contributed by atoms with van der Waals surface area (Å²) in [7, 11) is 0. The largest absolute Gasteiger partial charge is 0.502 e. The van der Waals surface area contributed by atoms with Gasteiger partial charge in [0.15, 0.2) is 23.0 Å². The third-order valence-electron chi connectivity index (χ3n) is 5.07.